The molecule has 0 spiro atoms. The second-order valence-corrected chi connectivity index (χ2v) is 7.21. The molecule has 1 aliphatic carbocycles. The van der Waals surface area contributed by atoms with Gasteiger partial charge in [0.1, 0.15) is 0 Å². The Morgan fingerprint density at radius 3 is 2.76 bits per heavy atom. The number of likely N-dealkylation sites (tertiary alicyclic amines) is 1. The number of nitrogens with two attached hydrogens (primary N) is 1. The fourth-order valence-electron chi connectivity index (χ4n) is 4.04. The summed E-state index contributed by atoms with van der Waals surface area (Å²) in [5.41, 5.74) is 11.4. The smallest absolute Gasteiger partial charge is 0.274 e. The molecule has 0 saturated carbocycles. The van der Waals surface area contributed by atoms with Crippen LogP contribution in [0.1, 0.15) is 53.5 Å². The first-order valence-corrected chi connectivity index (χ1v) is 9.42. The summed E-state index contributed by atoms with van der Waals surface area (Å²) in [7, 11) is 0. The lowest BCUT2D eigenvalue weighted by atomic mass is 10.1. The molecule has 0 bridgehead atoms. The van der Waals surface area contributed by atoms with Crippen LogP contribution in [-0.4, -0.2) is 39.7 Å². The minimum Gasteiger partial charge on any atom is -0.336 e. The molecule has 1 fully saturated rings. The number of fused-ring (bicyclic) bond motifs is 1. The molecular formula is C20H26N4O. The summed E-state index contributed by atoms with van der Waals surface area (Å²) in [4.78, 5) is 14.9. The molecule has 5 nitrogen and oxygen atoms in total. The summed E-state index contributed by atoms with van der Waals surface area (Å²) in [6.07, 6.45) is 6.04. The summed E-state index contributed by atoms with van der Waals surface area (Å²) < 4.78 is 1.99. The maximum absolute atomic E-state index is 13.0. The van der Waals surface area contributed by atoms with Crippen molar-refractivity contribution >= 4 is 5.91 Å². The van der Waals surface area contributed by atoms with E-state index >= 15 is 0 Å². The van der Waals surface area contributed by atoms with E-state index in [9.17, 15) is 4.79 Å². The van der Waals surface area contributed by atoms with E-state index in [-0.39, 0.29) is 11.9 Å². The SMILES string of the molecule is CCc1ccc(-n2nc(C(=O)N3CCCC(N)C3)c3c2CCC3)cc1. The van der Waals surface area contributed by atoms with Crippen LogP contribution >= 0.6 is 0 Å². The number of hydrogen-bond acceptors (Lipinski definition) is 3. The van der Waals surface area contributed by atoms with Crippen molar-refractivity contribution in [3.05, 3.63) is 46.8 Å². The zero-order valence-electron chi connectivity index (χ0n) is 14.9. The van der Waals surface area contributed by atoms with Crippen LogP contribution in [0.3, 0.4) is 0 Å². The number of aromatic nitrogens is 2. The lowest BCUT2D eigenvalue weighted by Crippen LogP contribution is -2.46. The van der Waals surface area contributed by atoms with Crippen LogP contribution in [0.2, 0.25) is 0 Å². The predicted octanol–water partition coefficient (Wildman–Crippen LogP) is 2.49. The molecule has 1 atom stereocenters. The number of carbonyl (C=O) groups excluding carboxylic acids is 1. The Balaban J connectivity index is 1.68. The highest BCUT2D eigenvalue weighted by molar-refractivity contribution is 5.94. The van der Waals surface area contributed by atoms with Crippen LogP contribution in [0.15, 0.2) is 24.3 Å². The monoisotopic (exact) mass is 338 g/mol. The van der Waals surface area contributed by atoms with Gasteiger partial charge in [0.25, 0.3) is 5.91 Å². The van der Waals surface area contributed by atoms with Gasteiger partial charge in [0.2, 0.25) is 0 Å². The predicted molar refractivity (Wildman–Crippen MR) is 98.1 cm³/mol. The summed E-state index contributed by atoms with van der Waals surface area (Å²) in [5, 5.41) is 4.74. The van der Waals surface area contributed by atoms with E-state index in [1.165, 1.54) is 11.3 Å². The molecule has 2 aromatic rings. The van der Waals surface area contributed by atoms with E-state index in [1.54, 1.807) is 0 Å². The maximum atomic E-state index is 13.0. The molecule has 0 radical (unpaired) electrons. The van der Waals surface area contributed by atoms with Crippen LogP contribution in [-0.2, 0) is 19.3 Å². The molecular weight excluding hydrogens is 312 g/mol. The second kappa shape index (κ2) is 6.64. The van der Waals surface area contributed by atoms with Gasteiger partial charge in [-0.3, -0.25) is 4.79 Å². The third-order valence-corrected chi connectivity index (χ3v) is 5.47. The van der Waals surface area contributed by atoms with Gasteiger partial charge in [-0.1, -0.05) is 19.1 Å². The topological polar surface area (TPSA) is 64.2 Å². The van der Waals surface area contributed by atoms with Crippen LogP contribution in [0, 0.1) is 0 Å². The lowest BCUT2D eigenvalue weighted by Gasteiger charge is -2.30. The van der Waals surface area contributed by atoms with Gasteiger partial charge < -0.3 is 10.6 Å². The molecule has 2 N–H and O–H groups in total. The number of amides is 1. The van der Waals surface area contributed by atoms with Crippen molar-refractivity contribution in [2.24, 2.45) is 5.73 Å². The molecule has 25 heavy (non-hydrogen) atoms. The lowest BCUT2D eigenvalue weighted by molar-refractivity contribution is 0.0701. The zero-order chi connectivity index (χ0) is 17.4. The second-order valence-electron chi connectivity index (χ2n) is 7.21. The molecule has 1 aromatic carbocycles. The molecule has 1 saturated heterocycles. The van der Waals surface area contributed by atoms with Gasteiger partial charge in [-0.2, -0.15) is 5.10 Å². The number of benzene rings is 1. The summed E-state index contributed by atoms with van der Waals surface area (Å²) in [5.74, 6) is 0.0530. The Morgan fingerprint density at radius 2 is 2.04 bits per heavy atom. The largest absolute Gasteiger partial charge is 0.336 e. The van der Waals surface area contributed by atoms with Crippen LogP contribution in [0.4, 0.5) is 0 Å². The van der Waals surface area contributed by atoms with Gasteiger partial charge in [-0.15, -0.1) is 0 Å². The highest BCUT2D eigenvalue weighted by atomic mass is 16.2. The van der Waals surface area contributed by atoms with Crippen molar-refractivity contribution in [1.82, 2.24) is 14.7 Å². The van der Waals surface area contributed by atoms with E-state index in [4.69, 9.17) is 10.8 Å². The highest BCUT2D eigenvalue weighted by Crippen LogP contribution is 2.29. The summed E-state index contributed by atoms with van der Waals surface area (Å²) in [6.45, 7) is 3.59. The number of hydrogen-bond donors (Lipinski definition) is 1. The number of nitrogens with zero attached hydrogens (tertiary/aromatic N) is 3. The van der Waals surface area contributed by atoms with Gasteiger partial charge >= 0.3 is 0 Å². The minimum atomic E-state index is 0.0530. The quantitative estimate of drug-likeness (QED) is 0.935. The van der Waals surface area contributed by atoms with Crippen LogP contribution in [0.5, 0.6) is 0 Å². The van der Waals surface area contributed by atoms with E-state index in [2.05, 4.69) is 31.2 Å². The molecule has 5 heteroatoms. The van der Waals surface area contributed by atoms with Crippen molar-refractivity contribution in [2.75, 3.05) is 13.1 Å². The fraction of sp³-hybridized carbons (Fsp3) is 0.500. The van der Waals surface area contributed by atoms with E-state index in [0.29, 0.717) is 12.2 Å². The maximum Gasteiger partial charge on any atom is 0.274 e. The van der Waals surface area contributed by atoms with Gasteiger partial charge in [0.05, 0.1) is 5.69 Å². The molecule has 132 valence electrons. The average Bonchev–Trinajstić information content (AvgIpc) is 3.24. The van der Waals surface area contributed by atoms with Gasteiger partial charge in [-0.05, 0) is 56.2 Å². The Labute approximate surface area is 148 Å². The normalized spacial score (nSPS) is 19.9. The van der Waals surface area contributed by atoms with Crippen LogP contribution < -0.4 is 5.73 Å². The van der Waals surface area contributed by atoms with Crippen molar-refractivity contribution < 1.29 is 4.79 Å². The van der Waals surface area contributed by atoms with Crippen molar-refractivity contribution in [2.45, 2.75) is 51.5 Å². The number of carbonyl (C=O) groups is 1. The molecule has 1 aliphatic heterocycles. The number of aryl methyl sites for hydroxylation is 1. The molecule has 2 heterocycles. The highest BCUT2D eigenvalue weighted by Gasteiger charge is 2.31. The molecule has 1 amide bonds. The van der Waals surface area contributed by atoms with Gasteiger partial charge in [0, 0.05) is 30.4 Å². The third-order valence-electron chi connectivity index (χ3n) is 5.47. The molecule has 1 aromatic heterocycles. The van der Waals surface area contributed by atoms with Gasteiger partial charge in [0.15, 0.2) is 5.69 Å². The standard InChI is InChI=1S/C20H26N4O/c1-2-14-8-10-16(11-9-14)24-18-7-3-6-17(18)19(22-24)20(25)23-12-4-5-15(21)13-23/h8-11,15H,2-7,12-13,21H2,1H3. The molecule has 2 aliphatic rings. The first-order chi connectivity index (χ1) is 12.2. The third kappa shape index (κ3) is 2.97. The van der Waals surface area contributed by atoms with Crippen molar-refractivity contribution in [3.8, 4) is 5.69 Å². The van der Waals surface area contributed by atoms with Crippen LogP contribution in [0.25, 0.3) is 5.69 Å². The summed E-state index contributed by atoms with van der Waals surface area (Å²) >= 11 is 0. The van der Waals surface area contributed by atoms with E-state index in [0.717, 1.165) is 56.3 Å². The van der Waals surface area contributed by atoms with Gasteiger partial charge in [-0.25, -0.2) is 4.68 Å². The van der Waals surface area contributed by atoms with Crippen molar-refractivity contribution in [3.63, 3.8) is 0 Å². The minimum absolute atomic E-state index is 0.0530. The fourth-order valence-corrected chi connectivity index (χ4v) is 4.04. The first kappa shape index (κ1) is 16.3. The molecule has 1 unspecified atom stereocenters. The average molecular weight is 338 g/mol. The van der Waals surface area contributed by atoms with E-state index in [1.807, 2.05) is 9.58 Å². The first-order valence-electron chi connectivity index (χ1n) is 9.42. The Bertz CT molecular complexity index is 778. The summed E-state index contributed by atoms with van der Waals surface area (Å²) in [6, 6.07) is 8.59. The molecule has 4 rings (SSSR count). The Morgan fingerprint density at radius 1 is 1.24 bits per heavy atom. The van der Waals surface area contributed by atoms with Crippen molar-refractivity contribution in [1.29, 1.82) is 0 Å². The Hall–Kier alpha value is -2.14. The Kier molecular flexibility index (Phi) is 4.34. The number of piperidine rings is 1. The van der Waals surface area contributed by atoms with E-state index < -0.39 is 0 Å². The zero-order valence-corrected chi connectivity index (χ0v) is 14.9. The number of rotatable bonds is 3.